The number of carboxylic acids is 1. The molecule has 0 radical (unpaired) electrons. The molecule has 1 unspecified atom stereocenters. The second kappa shape index (κ2) is 8.29. The predicted molar refractivity (Wildman–Crippen MR) is 90.2 cm³/mol. The number of benzene rings is 1. The standard InChI is InChI=1S/C15H16N4O5S/c1-25-11-4-2-10(3-5-11)12(8-15(21)22)16-14(20)9-18-7-6-13(17-18)19(23)24/h2-7,12H,8-9H2,1H3,(H,16,20)(H,21,22). The van der Waals surface area contributed by atoms with Crippen LogP contribution in [0.2, 0.25) is 0 Å². The third-order valence-corrected chi connectivity index (χ3v) is 4.09. The second-order valence-corrected chi connectivity index (χ2v) is 6.00. The van der Waals surface area contributed by atoms with Gasteiger partial charge in [-0.25, -0.2) is 0 Å². The quantitative estimate of drug-likeness (QED) is 0.415. The molecule has 2 aromatic rings. The van der Waals surface area contributed by atoms with E-state index in [1.807, 2.05) is 18.4 Å². The Labute approximate surface area is 147 Å². The van der Waals surface area contributed by atoms with E-state index < -0.39 is 22.8 Å². The van der Waals surface area contributed by atoms with Gasteiger partial charge in [0.05, 0.1) is 29.8 Å². The molecule has 2 rings (SSSR count). The van der Waals surface area contributed by atoms with Crippen molar-refractivity contribution in [2.75, 3.05) is 6.26 Å². The molecule has 1 aromatic carbocycles. The largest absolute Gasteiger partial charge is 0.481 e. The molecule has 0 fully saturated rings. The highest BCUT2D eigenvalue weighted by Crippen LogP contribution is 2.21. The average Bonchev–Trinajstić information content (AvgIpc) is 3.02. The molecule has 10 heteroatoms. The molecule has 132 valence electrons. The fourth-order valence-corrected chi connectivity index (χ4v) is 2.59. The Morgan fingerprint density at radius 1 is 1.36 bits per heavy atom. The zero-order valence-corrected chi connectivity index (χ0v) is 14.1. The van der Waals surface area contributed by atoms with Gasteiger partial charge in [-0.1, -0.05) is 12.1 Å². The summed E-state index contributed by atoms with van der Waals surface area (Å²) in [6.45, 7) is -0.243. The van der Waals surface area contributed by atoms with Crippen molar-refractivity contribution in [2.24, 2.45) is 0 Å². The number of thioether (sulfide) groups is 1. The molecule has 0 aliphatic carbocycles. The van der Waals surface area contributed by atoms with Crippen molar-refractivity contribution >= 4 is 29.5 Å². The smallest absolute Gasteiger partial charge is 0.389 e. The number of nitrogens with one attached hydrogen (secondary N) is 1. The number of amides is 1. The van der Waals surface area contributed by atoms with Crippen LogP contribution >= 0.6 is 11.8 Å². The van der Waals surface area contributed by atoms with Gasteiger partial charge in [-0.2, -0.15) is 4.68 Å². The maximum atomic E-state index is 12.1. The van der Waals surface area contributed by atoms with Crippen LogP contribution in [0.25, 0.3) is 0 Å². The van der Waals surface area contributed by atoms with Crippen LogP contribution in [0.1, 0.15) is 18.0 Å². The van der Waals surface area contributed by atoms with Gasteiger partial charge in [-0.15, -0.1) is 11.8 Å². The van der Waals surface area contributed by atoms with Crippen LogP contribution in [0.3, 0.4) is 0 Å². The van der Waals surface area contributed by atoms with E-state index in [1.165, 1.54) is 12.3 Å². The van der Waals surface area contributed by atoms with Crippen LogP contribution in [0.4, 0.5) is 5.82 Å². The summed E-state index contributed by atoms with van der Waals surface area (Å²) in [6.07, 6.45) is 2.97. The van der Waals surface area contributed by atoms with Crippen LogP contribution in [0.15, 0.2) is 41.4 Å². The highest BCUT2D eigenvalue weighted by molar-refractivity contribution is 7.98. The van der Waals surface area contributed by atoms with Gasteiger partial charge in [-0.3, -0.25) is 9.59 Å². The molecule has 9 nitrogen and oxygen atoms in total. The zero-order valence-electron chi connectivity index (χ0n) is 13.3. The van der Waals surface area contributed by atoms with Crippen molar-refractivity contribution in [3.63, 3.8) is 0 Å². The van der Waals surface area contributed by atoms with E-state index in [0.717, 1.165) is 9.58 Å². The number of carboxylic acid groups (broad SMARTS) is 1. The van der Waals surface area contributed by atoms with Crippen molar-refractivity contribution in [2.45, 2.75) is 23.9 Å². The van der Waals surface area contributed by atoms with Gasteiger partial charge < -0.3 is 20.5 Å². The number of aliphatic carboxylic acids is 1. The number of hydrogen-bond acceptors (Lipinski definition) is 6. The van der Waals surface area contributed by atoms with Crippen molar-refractivity contribution in [3.05, 3.63) is 52.2 Å². The molecule has 25 heavy (non-hydrogen) atoms. The zero-order chi connectivity index (χ0) is 18.4. The topological polar surface area (TPSA) is 127 Å². The van der Waals surface area contributed by atoms with Gasteiger partial charge in [0.2, 0.25) is 5.91 Å². The maximum absolute atomic E-state index is 12.1. The van der Waals surface area contributed by atoms with Gasteiger partial charge in [0.25, 0.3) is 0 Å². The molecule has 1 heterocycles. The number of nitro groups is 1. The number of carbonyl (C=O) groups is 2. The molecule has 0 aliphatic rings. The highest BCUT2D eigenvalue weighted by atomic mass is 32.2. The van der Waals surface area contributed by atoms with E-state index in [2.05, 4.69) is 10.4 Å². The predicted octanol–water partition coefficient (Wildman–Crippen LogP) is 1.85. The van der Waals surface area contributed by atoms with Crippen LogP contribution < -0.4 is 5.32 Å². The molecule has 1 atom stereocenters. The maximum Gasteiger partial charge on any atom is 0.389 e. The van der Waals surface area contributed by atoms with E-state index in [4.69, 9.17) is 5.11 Å². The van der Waals surface area contributed by atoms with Gasteiger partial charge in [0.15, 0.2) is 0 Å². The molecule has 0 saturated heterocycles. The minimum Gasteiger partial charge on any atom is -0.481 e. The molecule has 0 saturated carbocycles. The number of carbonyl (C=O) groups excluding carboxylic acids is 1. The number of nitrogens with zero attached hydrogens (tertiary/aromatic N) is 3. The summed E-state index contributed by atoms with van der Waals surface area (Å²) in [5.74, 6) is -1.89. The first-order valence-electron chi connectivity index (χ1n) is 7.22. The first kappa shape index (κ1) is 18.5. The SMILES string of the molecule is CSc1ccc(C(CC(=O)O)NC(=O)Cn2ccc([N+](=O)[O-])n2)cc1. The van der Waals surface area contributed by atoms with E-state index >= 15 is 0 Å². The third kappa shape index (κ3) is 5.31. The molecular formula is C15H16N4O5S. The van der Waals surface area contributed by atoms with Gasteiger partial charge in [0, 0.05) is 4.90 Å². The molecule has 0 aliphatic heterocycles. The molecule has 0 bridgehead atoms. The number of rotatable bonds is 8. The summed E-state index contributed by atoms with van der Waals surface area (Å²) < 4.78 is 1.13. The summed E-state index contributed by atoms with van der Waals surface area (Å²) in [5.41, 5.74) is 0.667. The number of hydrogen-bond donors (Lipinski definition) is 2. The van der Waals surface area contributed by atoms with Gasteiger partial charge in [-0.05, 0) is 28.9 Å². The summed E-state index contributed by atoms with van der Waals surface area (Å²) in [5, 5.41) is 25.9. The van der Waals surface area contributed by atoms with Gasteiger partial charge >= 0.3 is 11.8 Å². The van der Waals surface area contributed by atoms with E-state index in [0.29, 0.717) is 5.56 Å². The van der Waals surface area contributed by atoms with E-state index in [1.54, 1.807) is 23.9 Å². The lowest BCUT2D eigenvalue weighted by atomic mass is 10.0. The highest BCUT2D eigenvalue weighted by Gasteiger charge is 2.20. The lowest BCUT2D eigenvalue weighted by molar-refractivity contribution is -0.389. The lowest BCUT2D eigenvalue weighted by Crippen LogP contribution is -2.33. The van der Waals surface area contributed by atoms with Crippen molar-refractivity contribution in [1.29, 1.82) is 0 Å². The second-order valence-electron chi connectivity index (χ2n) is 5.12. The Morgan fingerprint density at radius 2 is 2.04 bits per heavy atom. The van der Waals surface area contributed by atoms with Crippen LogP contribution in [0, 0.1) is 10.1 Å². The van der Waals surface area contributed by atoms with Crippen molar-refractivity contribution in [1.82, 2.24) is 15.1 Å². The summed E-state index contributed by atoms with van der Waals surface area (Å²) >= 11 is 1.55. The fraction of sp³-hybridized carbons (Fsp3) is 0.267. The minimum atomic E-state index is -1.05. The number of aromatic nitrogens is 2. The van der Waals surface area contributed by atoms with Crippen LogP contribution in [0.5, 0.6) is 0 Å². The van der Waals surface area contributed by atoms with E-state index in [-0.39, 0.29) is 18.8 Å². The minimum absolute atomic E-state index is 0.243. The Kier molecular flexibility index (Phi) is 6.12. The summed E-state index contributed by atoms with van der Waals surface area (Å²) in [4.78, 5) is 34.2. The molecular weight excluding hydrogens is 348 g/mol. The monoisotopic (exact) mass is 364 g/mol. The first-order chi connectivity index (χ1) is 11.9. The summed E-state index contributed by atoms with van der Waals surface area (Å²) in [6, 6.07) is 7.70. The molecule has 1 aromatic heterocycles. The van der Waals surface area contributed by atoms with Crippen molar-refractivity contribution in [3.8, 4) is 0 Å². The van der Waals surface area contributed by atoms with E-state index in [9.17, 15) is 19.7 Å². The average molecular weight is 364 g/mol. The van der Waals surface area contributed by atoms with Gasteiger partial charge in [0.1, 0.15) is 6.54 Å². The van der Waals surface area contributed by atoms with Crippen molar-refractivity contribution < 1.29 is 19.6 Å². The first-order valence-corrected chi connectivity index (χ1v) is 8.44. The van der Waals surface area contributed by atoms with Crippen LogP contribution in [-0.4, -0.2) is 37.9 Å². The van der Waals surface area contributed by atoms with Crippen LogP contribution in [-0.2, 0) is 16.1 Å². The summed E-state index contributed by atoms with van der Waals surface area (Å²) in [7, 11) is 0. The molecule has 1 amide bonds. The Morgan fingerprint density at radius 3 is 2.56 bits per heavy atom. The lowest BCUT2D eigenvalue weighted by Gasteiger charge is -2.17. The Bertz CT molecular complexity index is 774. The normalized spacial score (nSPS) is 11.7. The third-order valence-electron chi connectivity index (χ3n) is 3.35. The molecule has 0 spiro atoms. The molecule has 2 N–H and O–H groups in total. The Hall–Kier alpha value is -2.88. The fourth-order valence-electron chi connectivity index (χ4n) is 2.19. The Balaban J connectivity index is 2.07.